The Balaban J connectivity index is 1.39. The number of anilines is 3. The second kappa shape index (κ2) is 8.25. The molecule has 1 fully saturated rings. The van der Waals surface area contributed by atoms with Crippen molar-refractivity contribution in [3.8, 4) is 0 Å². The molecule has 0 aliphatic carbocycles. The number of nitrogens with one attached hydrogen (secondary N) is 1. The summed E-state index contributed by atoms with van der Waals surface area (Å²) >= 11 is 0. The van der Waals surface area contributed by atoms with Gasteiger partial charge in [-0.1, -0.05) is 12.1 Å². The average Bonchev–Trinajstić information content (AvgIpc) is 2.75. The lowest BCUT2D eigenvalue weighted by atomic mass is 10.1. The SMILES string of the molecule is Cc1cccc(N2CCN(c3nccc(NCc4ccncc4)n3)CC2)c1C. The molecule has 1 saturated heterocycles. The van der Waals surface area contributed by atoms with E-state index >= 15 is 0 Å². The van der Waals surface area contributed by atoms with Crippen LogP contribution in [0.15, 0.2) is 55.0 Å². The molecule has 0 unspecified atom stereocenters. The summed E-state index contributed by atoms with van der Waals surface area (Å²) in [7, 11) is 0. The van der Waals surface area contributed by atoms with Crippen molar-refractivity contribution in [3.05, 3.63) is 71.7 Å². The molecule has 0 saturated carbocycles. The summed E-state index contributed by atoms with van der Waals surface area (Å²) in [6.45, 7) is 8.89. The quantitative estimate of drug-likeness (QED) is 0.738. The van der Waals surface area contributed by atoms with Crippen molar-refractivity contribution < 1.29 is 0 Å². The summed E-state index contributed by atoms with van der Waals surface area (Å²) < 4.78 is 0. The summed E-state index contributed by atoms with van der Waals surface area (Å²) in [5.74, 6) is 1.64. The highest BCUT2D eigenvalue weighted by atomic mass is 15.3. The highest BCUT2D eigenvalue weighted by molar-refractivity contribution is 5.57. The van der Waals surface area contributed by atoms with E-state index in [9.17, 15) is 0 Å². The van der Waals surface area contributed by atoms with E-state index in [0.29, 0.717) is 0 Å². The van der Waals surface area contributed by atoms with E-state index in [1.165, 1.54) is 22.4 Å². The molecule has 4 rings (SSSR count). The van der Waals surface area contributed by atoms with Crippen LogP contribution in [0, 0.1) is 13.8 Å². The zero-order valence-electron chi connectivity index (χ0n) is 16.5. The molecule has 1 aliphatic rings. The van der Waals surface area contributed by atoms with Gasteiger partial charge in [0.05, 0.1) is 0 Å². The fourth-order valence-electron chi connectivity index (χ4n) is 3.52. The fraction of sp³-hybridized carbons (Fsp3) is 0.318. The van der Waals surface area contributed by atoms with E-state index in [-0.39, 0.29) is 0 Å². The standard InChI is InChI=1S/C22H26N6/c1-17-4-3-5-20(18(17)2)27-12-14-28(15-13-27)22-24-11-8-21(26-22)25-16-19-6-9-23-10-7-19/h3-11H,12-16H2,1-2H3,(H,24,25,26). The zero-order chi connectivity index (χ0) is 19.3. The van der Waals surface area contributed by atoms with Gasteiger partial charge in [0.1, 0.15) is 5.82 Å². The number of hydrogen-bond acceptors (Lipinski definition) is 6. The predicted octanol–water partition coefficient (Wildman–Crippen LogP) is 3.43. The normalized spacial score (nSPS) is 14.2. The maximum atomic E-state index is 4.71. The molecule has 0 spiro atoms. The number of aromatic nitrogens is 3. The smallest absolute Gasteiger partial charge is 0.227 e. The average molecular weight is 374 g/mol. The molecule has 1 aromatic carbocycles. The van der Waals surface area contributed by atoms with Gasteiger partial charge in [0.25, 0.3) is 0 Å². The summed E-state index contributed by atoms with van der Waals surface area (Å²) in [5, 5.41) is 3.37. The lowest BCUT2D eigenvalue weighted by molar-refractivity contribution is 0.639. The van der Waals surface area contributed by atoms with Gasteiger partial charge in [-0.25, -0.2) is 4.98 Å². The van der Waals surface area contributed by atoms with Gasteiger partial charge in [0.2, 0.25) is 5.95 Å². The molecule has 6 heteroatoms. The highest BCUT2D eigenvalue weighted by Crippen LogP contribution is 2.24. The first-order valence-electron chi connectivity index (χ1n) is 9.72. The molecule has 0 amide bonds. The molecule has 0 atom stereocenters. The highest BCUT2D eigenvalue weighted by Gasteiger charge is 2.20. The van der Waals surface area contributed by atoms with Crippen LogP contribution in [0.1, 0.15) is 16.7 Å². The van der Waals surface area contributed by atoms with E-state index in [1.54, 1.807) is 12.4 Å². The van der Waals surface area contributed by atoms with Crippen molar-refractivity contribution in [1.29, 1.82) is 0 Å². The van der Waals surface area contributed by atoms with Gasteiger partial charge in [-0.05, 0) is 54.8 Å². The molecular weight excluding hydrogens is 348 g/mol. The van der Waals surface area contributed by atoms with Gasteiger partial charge in [-0.15, -0.1) is 0 Å². The Labute approximate surface area is 166 Å². The number of nitrogens with zero attached hydrogens (tertiary/aromatic N) is 5. The van der Waals surface area contributed by atoms with Crippen LogP contribution in [0.2, 0.25) is 0 Å². The number of aryl methyl sites for hydroxylation is 1. The van der Waals surface area contributed by atoms with Crippen molar-refractivity contribution >= 4 is 17.5 Å². The monoisotopic (exact) mass is 374 g/mol. The van der Waals surface area contributed by atoms with Gasteiger partial charge >= 0.3 is 0 Å². The van der Waals surface area contributed by atoms with Crippen molar-refractivity contribution in [2.45, 2.75) is 20.4 Å². The van der Waals surface area contributed by atoms with Gasteiger partial charge < -0.3 is 15.1 Å². The molecule has 1 aliphatic heterocycles. The van der Waals surface area contributed by atoms with Crippen LogP contribution < -0.4 is 15.1 Å². The molecular formula is C22H26N6. The first-order chi connectivity index (χ1) is 13.7. The third-order valence-electron chi connectivity index (χ3n) is 5.35. The van der Waals surface area contributed by atoms with Crippen LogP contribution in [-0.4, -0.2) is 41.1 Å². The van der Waals surface area contributed by atoms with E-state index in [0.717, 1.165) is 44.5 Å². The summed E-state index contributed by atoms with van der Waals surface area (Å²) in [4.78, 5) is 18.0. The third kappa shape index (κ3) is 4.06. The zero-order valence-corrected chi connectivity index (χ0v) is 16.5. The Bertz CT molecular complexity index is 919. The van der Waals surface area contributed by atoms with E-state index in [4.69, 9.17) is 4.98 Å². The Morgan fingerprint density at radius 1 is 0.893 bits per heavy atom. The van der Waals surface area contributed by atoms with Gasteiger partial charge in [0, 0.05) is 57.0 Å². The lowest BCUT2D eigenvalue weighted by Gasteiger charge is -2.37. The van der Waals surface area contributed by atoms with Crippen molar-refractivity contribution in [2.24, 2.45) is 0 Å². The summed E-state index contributed by atoms with van der Waals surface area (Å²) in [6.07, 6.45) is 5.43. The van der Waals surface area contributed by atoms with Crippen LogP contribution in [0.5, 0.6) is 0 Å². The van der Waals surface area contributed by atoms with Gasteiger partial charge in [-0.3, -0.25) is 4.98 Å². The Morgan fingerprint density at radius 3 is 2.43 bits per heavy atom. The van der Waals surface area contributed by atoms with Crippen LogP contribution in [0.4, 0.5) is 17.5 Å². The van der Waals surface area contributed by atoms with Crippen molar-refractivity contribution in [2.75, 3.05) is 41.3 Å². The molecule has 28 heavy (non-hydrogen) atoms. The largest absolute Gasteiger partial charge is 0.368 e. The Kier molecular flexibility index (Phi) is 5.37. The van der Waals surface area contributed by atoms with E-state index < -0.39 is 0 Å². The molecule has 2 aromatic heterocycles. The second-order valence-electron chi connectivity index (χ2n) is 7.14. The van der Waals surface area contributed by atoms with Crippen LogP contribution in [-0.2, 0) is 6.54 Å². The maximum absolute atomic E-state index is 4.71. The number of piperazine rings is 1. The molecule has 3 heterocycles. The summed E-state index contributed by atoms with van der Waals surface area (Å²) in [5.41, 5.74) is 5.23. The predicted molar refractivity (Wildman–Crippen MR) is 114 cm³/mol. The van der Waals surface area contributed by atoms with E-state index in [2.05, 4.69) is 57.1 Å². The fourth-order valence-corrected chi connectivity index (χ4v) is 3.52. The minimum atomic E-state index is 0.722. The minimum Gasteiger partial charge on any atom is -0.368 e. The number of benzene rings is 1. The first kappa shape index (κ1) is 18.2. The maximum Gasteiger partial charge on any atom is 0.227 e. The van der Waals surface area contributed by atoms with Gasteiger partial charge in [0.15, 0.2) is 0 Å². The molecule has 144 valence electrons. The molecule has 0 radical (unpaired) electrons. The van der Waals surface area contributed by atoms with E-state index in [1.807, 2.05) is 24.4 Å². The third-order valence-corrected chi connectivity index (χ3v) is 5.35. The molecule has 1 N–H and O–H groups in total. The summed E-state index contributed by atoms with van der Waals surface area (Å²) in [6, 6.07) is 12.5. The van der Waals surface area contributed by atoms with Crippen molar-refractivity contribution in [1.82, 2.24) is 15.0 Å². The molecule has 6 nitrogen and oxygen atoms in total. The Morgan fingerprint density at radius 2 is 1.64 bits per heavy atom. The molecule has 0 bridgehead atoms. The second-order valence-corrected chi connectivity index (χ2v) is 7.14. The number of hydrogen-bond donors (Lipinski definition) is 1. The van der Waals surface area contributed by atoms with Crippen LogP contribution in [0.3, 0.4) is 0 Å². The molecule has 3 aromatic rings. The minimum absolute atomic E-state index is 0.722. The first-order valence-corrected chi connectivity index (χ1v) is 9.72. The number of rotatable bonds is 5. The van der Waals surface area contributed by atoms with Crippen LogP contribution >= 0.6 is 0 Å². The lowest BCUT2D eigenvalue weighted by Crippen LogP contribution is -2.47. The van der Waals surface area contributed by atoms with Gasteiger partial charge in [-0.2, -0.15) is 4.98 Å². The Hall–Kier alpha value is -3.15. The van der Waals surface area contributed by atoms with Crippen molar-refractivity contribution in [3.63, 3.8) is 0 Å². The number of pyridine rings is 1. The van der Waals surface area contributed by atoms with Crippen LogP contribution in [0.25, 0.3) is 0 Å². The topological polar surface area (TPSA) is 57.2 Å².